The monoisotopic (exact) mass is 528 g/mol. The van der Waals surface area contributed by atoms with Crippen molar-refractivity contribution in [2.75, 3.05) is 6.54 Å². The summed E-state index contributed by atoms with van der Waals surface area (Å²) >= 11 is 0. The van der Waals surface area contributed by atoms with Gasteiger partial charge in [0, 0.05) is 0 Å². The molecule has 4 rings (SSSR count). The largest absolute Gasteiger partial charge is 0.308 e. The highest BCUT2D eigenvalue weighted by Gasteiger charge is 2.29. The highest BCUT2D eigenvalue weighted by Crippen LogP contribution is 2.31. The molecule has 2 N–H and O–H groups in total. The molecule has 1 aliphatic carbocycles. The molecule has 0 spiro atoms. The lowest BCUT2D eigenvalue weighted by molar-refractivity contribution is 0.417. The molecule has 0 aromatic heterocycles. The first-order valence-electron chi connectivity index (χ1n) is 13.6. The van der Waals surface area contributed by atoms with E-state index in [1.807, 2.05) is 67.6 Å². The third-order valence-electron chi connectivity index (χ3n) is 7.47. The van der Waals surface area contributed by atoms with Crippen LogP contribution in [0.1, 0.15) is 74.7 Å². The standard InChI is InChI=1S/C33H40N2O2S/c1-25-17-21-31(22-18-25)38(36,37)35-33(30-15-8-5-9-16-30)32(29-13-6-4-7-14-29)34-23-11-10-12-28-20-19-26(2)27(3)24-28/h4-9,13-18,20-22,32-35H,10-12,19,23-24H2,1-3H3/t32?,33-/m0/s1. The molecule has 0 bridgehead atoms. The Morgan fingerprint density at radius 2 is 1.34 bits per heavy atom. The Morgan fingerprint density at radius 1 is 0.737 bits per heavy atom. The Balaban J connectivity index is 1.52. The number of unbranched alkanes of at least 4 members (excludes halogenated alkanes) is 1. The van der Waals surface area contributed by atoms with Gasteiger partial charge in [-0.05, 0) is 82.7 Å². The average molecular weight is 529 g/mol. The zero-order valence-electron chi connectivity index (χ0n) is 22.8. The van der Waals surface area contributed by atoms with Crippen molar-refractivity contribution in [2.24, 2.45) is 0 Å². The van der Waals surface area contributed by atoms with Gasteiger partial charge in [0.1, 0.15) is 0 Å². The molecule has 2 atom stereocenters. The van der Waals surface area contributed by atoms with Crippen molar-refractivity contribution >= 4 is 10.0 Å². The molecule has 5 heteroatoms. The Labute approximate surface area is 228 Å². The lowest BCUT2D eigenvalue weighted by Gasteiger charge is -2.30. The van der Waals surface area contributed by atoms with Crippen molar-refractivity contribution in [3.8, 4) is 0 Å². The summed E-state index contributed by atoms with van der Waals surface area (Å²) in [6.07, 6.45) is 7.82. The molecule has 0 saturated carbocycles. The summed E-state index contributed by atoms with van der Waals surface area (Å²) in [6.45, 7) is 7.23. The van der Waals surface area contributed by atoms with Gasteiger partial charge in [0.05, 0.1) is 17.0 Å². The zero-order valence-corrected chi connectivity index (χ0v) is 23.6. The first-order valence-corrected chi connectivity index (χ1v) is 15.1. The molecule has 3 aromatic carbocycles. The van der Waals surface area contributed by atoms with Crippen molar-refractivity contribution in [3.05, 3.63) is 124 Å². The van der Waals surface area contributed by atoms with E-state index in [0.29, 0.717) is 0 Å². The fraction of sp³-hybridized carbons (Fsp3) is 0.333. The fourth-order valence-corrected chi connectivity index (χ4v) is 6.23. The molecule has 38 heavy (non-hydrogen) atoms. The second kappa shape index (κ2) is 13.2. The van der Waals surface area contributed by atoms with Gasteiger partial charge in [0.25, 0.3) is 0 Å². The Kier molecular flexibility index (Phi) is 9.73. The summed E-state index contributed by atoms with van der Waals surface area (Å²) in [6, 6.07) is 26.3. The second-order valence-corrected chi connectivity index (χ2v) is 12.1. The SMILES string of the molecule is CC1=C(C)CC(CCCCNC(c2ccccc2)[C@@H](NS(=O)(=O)c2ccc(C)cc2)c2ccccc2)=CC1. The van der Waals surface area contributed by atoms with Gasteiger partial charge in [0.2, 0.25) is 10.0 Å². The summed E-state index contributed by atoms with van der Waals surface area (Å²) in [5.41, 5.74) is 7.56. The Bertz CT molecular complexity index is 1350. The molecule has 0 fully saturated rings. The molecule has 0 amide bonds. The zero-order chi connectivity index (χ0) is 27.0. The van der Waals surface area contributed by atoms with Crippen LogP contribution in [-0.4, -0.2) is 15.0 Å². The van der Waals surface area contributed by atoms with Crippen LogP contribution in [0, 0.1) is 6.92 Å². The van der Waals surface area contributed by atoms with E-state index in [0.717, 1.165) is 55.3 Å². The summed E-state index contributed by atoms with van der Waals surface area (Å²) < 4.78 is 30.1. The van der Waals surface area contributed by atoms with Crippen LogP contribution < -0.4 is 10.0 Å². The normalized spacial score (nSPS) is 15.7. The summed E-state index contributed by atoms with van der Waals surface area (Å²) in [5.74, 6) is 0. The number of allylic oxidation sites excluding steroid dienone is 4. The minimum absolute atomic E-state index is 0.222. The van der Waals surface area contributed by atoms with Gasteiger partial charge in [-0.2, -0.15) is 0 Å². The highest BCUT2D eigenvalue weighted by molar-refractivity contribution is 7.89. The number of sulfonamides is 1. The lowest BCUT2D eigenvalue weighted by Crippen LogP contribution is -2.39. The topological polar surface area (TPSA) is 58.2 Å². The van der Waals surface area contributed by atoms with E-state index in [-0.39, 0.29) is 10.9 Å². The molecule has 3 aromatic rings. The molecule has 1 aliphatic rings. The van der Waals surface area contributed by atoms with Crippen LogP contribution in [0.25, 0.3) is 0 Å². The van der Waals surface area contributed by atoms with E-state index < -0.39 is 16.1 Å². The van der Waals surface area contributed by atoms with E-state index in [9.17, 15) is 8.42 Å². The minimum atomic E-state index is -3.74. The number of hydrogen-bond donors (Lipinski definition) is 2. The number of hydrogen-bond acceptors (Lipinski definition) is 3. The second-order valence-electron chi connectivity index (χ2n) is 10.4. The quantitative estimate of drug-likeness (QED) is 0.188. The average Bonchev–Trinajstić information content (AvgIpc) is 2.93. The lowest BCUT2D eigenvalue weighted by atomic mass is 9.91. The Morgan fingerprint density at radius 3 is 1.95 bits per heavy atom. The third kappa shape index (κ3) is 7.53. The Hall–Kier alpha value is -2.99. The first-order chi connectivity index (χ1) is 18.3. The predicted octanol–water partition coefficient (Wildman–Crippen LogP) is 7.57. The highest BCUT2D eigenvalue weighted by atomic mass is 32.2. The van der Waals surface area contributed by atoms with Gasteiger partial charge in [-0.25, -0.2) is 13.1 Å². The fourth-order valence-electron chi connectivity index (χ4n) is 4.99. The van der Waals surface area contributed by atoms with E-state index >= 15 is 0 Å². The van der Waals surface area contributed by atoms with Gasteiger partial charge in [-0.1, -0.05) is 101 Å². The van der Waals surface area contributed by atoms with E-state index in [1.54, 1.807) is 17.7 Å². The summed E-state index contributed by atoms with van der Waals surface area (Å²) in [4.78, 5) is 0.274. The third-order valence-corrected chi connectivity index (χ3v) is 8.93. The van der Waals surface area contributed by atoms with Crippen LogP contribution in [-0.2, 0) is 10.0 Å². The maximum Gasteiger partial charge on any atom is 0.241 e. The minimum Gasteiger partial charge on any atom is -0.308 e. The van der Waals surface area contributed by atoms with Crippen molar-refractivity contribution in [3.63, 3.8) is 0 Å². The van der Waals surface area contributed by atoms with Crippen molar-refractivity contribution in [1.82, 2.24) is 10.0 Å². The molecule has 0 heterocycles. The first kappa shape index (κ1) is 28.0. The van der Waals surface area contributed by atoms with Crippen LogP contribution in [0.3, 0.4) is 0 Å². The van der Waals surface area contributed by atoms with Crippen LogP contribution in [0.5, 0.6) is 0 Å². The number of rotatable bonds is 12. The summed E-state index contributed by atoms with van der Waals surface area (Å²) in [7, 11) is -3.74. The molecule has 1 unspecified atom stereocenters. The predicted molar refractivity (Wildman–Crippen MR) is 157 cm³/mol. The van der Waals surface area contributed by atoms with Gasteiger partial charge in [0.15, 0.2) is 0 Å². The van der Waals surface area contributed by atoms with Gasteiger partial charge in [-0.15, -0.1) is 0 Å². The maximum atomic E-state index is 13.5. The molecule has 0 saturated heterocycles. The maximum absolute atomic E-state index is 13.5. The number of benzene rings is 3. The molecule has 0 radical (unpaired) electrons. The number of nitrogens with one attached hydrogen (secondary N) is 2. The van der Waals surface area contributed by atoms with Gasteiger partial charge in [-0.3, -0.25) is 0 Å². The van der Waals surface area contributed by atoms with Crippen LogP contribution >= 0.6 is 0 Å². The van der Waals surface area contributed by atoms with E-state index in [1.165, 1.54) is 11.1 Å². The van der Waals surface area contributed by atoms with Crippen LogP contribution in [0.4, 0.5) is 0 Å². The van der Waals surface area contributed by atoms with Gasteiger partial charge < -0.3 is 5.32 Å². The molecular formula is C33H40N2O2S. The molecule has 0 aliphatic heterocycles. The van der Waals surface area contributed by atoms with Gasteiger partial charge >= 0.3 is 0 Å². The molecule has 200 valence electrons. The van der Waals surface area contributed by atoms with Crippen LogP contribution in [0.15, 0.2) is 113 Å². The van der Waals surface area contributed by atoms with Crippen molar-refractivity contribution in [2.45, 2.75) is 69.9 Å². The molecular weight excluding hydrogens is 488 g/mol. The number of aryl methyl sites for hydroxylation is 1. The van der Waals surface area contributed by atoms with E-state index in [2.05, 4.69) is 42.1 Å². The van der Waals surface area contributed by atoms with Crippen LogP contribution in [0.2, 0.25) is 0 Å². The van der Waals surface area contributed by atoms with Crippen molar-refractivity contribution < 1.29 is 8.42 Å². The van der Waals surface area contributed by atoms with Crippen molar-refractivity contribution in [1.29, 1.82) is 0 Å². The smallest absolute Gasteiger partial charge is 0.241 e. The summed E-state index contributed by atoms with van der Waals surface area (Å²) in [5, 5.41) is 3.72. The van der Waals surface area contributed by atoms with E-state index in [4.69, 9.17) is 0 Å². The molecule has 4 nitrogen and oxygen atoms in total.